The van der Waals surface area contributed by atoms with Gasteiger partial charge in [0.15, 0.2) is 11.7 Å². The van der Waals surface area contributed by atoms with Crippen molar-refractivity contribution in [1.82, 2.24) is 5.53 Å². The first-order chi connectivity index (χ1) is 11.1. The summed E-state index contributed by atoms with van der Waals surface area (Å²) in [6.45, 7) is 1.50. The van der Waals surface area contributed by atoms with E-state index in [0.29, 0.717) is 31.1 Å². The lowest BCUT2D eigenvalue weighted by Gasteiger charge is -2.33. The summed E-state index contributed by atoms with van der Waals surface area (Å²) >= 11 is 5.93. The Bertz CT molecular complexity index is 735. The summed E-state index contributed by atoms with van der Waals surface area (Å²) in [5.41, 5.74) is 9.37. The molecule has 0 atom stereocenters. The van der Waals surface area contributed by atoms with Crippen LogP contribution in [0.2, 0.25) is 5.02 Å². The molecule has 0 amide bonds. The topological polar surface area (TPSA) is 102 Å². The third-order valence-electron chi connectivity index (χ3n) is 3.49. The minimum atomic E-state index is -0.676. The van der Waals surface area contributed by atoms with Crippen LogP contribution in [0.1, 0.15) is 11.1 Å². The van der Waals surface area contributed by atoms with Gasteiger partial charge in [0.2, 0.25) is 0 Å². The van der Waals surface area contributed by atoms with Crippen molar-refractivity contribution in [2.75, 3.05) is 18.1 Å². The van der Waals surface area contributed by atoms with Gasteiger partial charge in [0, 0.05) is 18.2 Å². The minimum absolute atomic E-state index is 0.0497. The molecule has 1 aliphatic heterocycles. The van der Waals surface area contributed by atoms with E-state index in [1.165, 1.54) is 6.07 Å². The van der Waals surface area contributed by atoms with Crippen LogP contribution in [0.4, 0.5) is 10.1 Å². The zero-order valence-corrected chi connectivity index (χ0v) is 12.8. The van der Waals surface area contributed by atoms with Crippen LogP contribution in [0.15, 0.2) is 34.2 Å². The highest BCUT2D eigenvalue weighted by atomic mass is 35.5. The van der Waals surface area contributed by atoms with Gasteiger partial charge in [-0.1, -0.05) is 11.6 Å². The van der Waals surface area contributed by atoms with E-state index in [1.807, 2.05) is 11.0 Å². The lowest BCUT2D eigenvalue weighted by Crippen LogP contribution is -2.35. The van der Waals surface area contributed by atoms with Gasteiger partial charge >= 0.3 is 0 Å². The molecule has 2 heterocycles. The van der Waals surface area contributed by atoms with Gasteiger partial charge in [0.05, 0.1) is 35.3 Å². The molecule has 122 valence electrons. The number of hydrogen-bond donors (Lipinski definition) is 3. The number of halogens is 2. The molecule has 0 spiro atoms. The van der Waals surface area contributed by atoms with Crippen LogP contribution < -0.4 is 26.7 Å². The number of rotatable bonds is 4. The highest BCUT2D eigenvalue weighted by Gasteiger charge is 2.28. The molecule has 3 rings (SSSR count). The Balaban J connectivity index is 2.12. The average molecular weight is 340 g/mol. The predicted octanol–water partition coefficient (Wildman–Crippen LogP) is 1.55. The standard InChI is InChI=1S/C14H15ClFN5O2/c15-9-5-10-13(11(12(9)16)14(17)19-20-18)21(2-4-23-10)6-8-1-3-22-7-8/h1,3,5,7,20H,2,4,6,18H2,(H2,17,19). The second kappa shape index (κ2) is 6.35. The number of hydrazone groups is 1. The molecule has 1 aromatic carbocycles. The maximum Gasteiger partial charge on any atom is 0.157 e. The van der Waals surface area contributed by atoms with Crippen molar-refractivity contribution < 1.29 is 13.5 Å². The minimum Gasteiger partial charge on any atom is -0.489 e. The lowest BCUT2D eigenvalue weighted by atomic mass is 10.1. The zero-order chi connectivity index (χ0) is 16.4. The molecule has 0 fully saturated rings. The van der Waals surface area contributed by atoms with E-state index in [9.17, 15) is 4.39 Å². The van der Waals surface area contributed by atoms with E-state index in [-0.39, 0.29) is 16.4 Å². The summed E-state index contributed by atoms with van der Waals surface area (Å²) in [5, 5.41) is 3.56. The molecule has 9 heteroatoms. The van der Waals surface area contributed by atoms with Gasteiger partial charge in [0.1, 0.15) is 12.4 Å². The fraction of sp³-hybridized carbons (Fsp3) is 0.214. The summed E-state index contributed by atoms with van der Waals surface area (Å²) in [6, 6.07) is 3.26. The number of furan rings is 1. The molecule has 0 bridgehead atoms. The number of hydrazine groups is 1. The van der Waals surface area contributed by atoms with Crippen LogP contribution in [0.5, 0.6) is 5.75 Å². The predicted molar refractivity (Wildman–Crippen MR) is 84.7 cm³/mol. The first kappa shape index (κ1) is 15.4. The van der Waals surface area contributed by atoms with Crippen molar-refractivity contribution >= 4 is 23.1 Å². The van der Waals surface area contributed by atoms with Crippen molar-refractivity contribution in [1.29, 1.82) is 0 Å². The largest absolute Gasteiger partial charge is 0.489 e. The fourth-order valence-electron chi connectivity index (χ4n) is 2.52. The molecular formula is C14H15ClFN5O2. The fourth-order valence-corrected chi connectivity index (χ4v) is 2.71. The molecule has 0 unspecified atom stereocenters. The van der Waals surface area contributed by atoms with Crippen LogP contribution in [0.25, 0.3) is 0 Å². The first-order valence-corrected chi connectivity index (χ1v) is 7.19. The zero-order valence-electron chi connectivity index (χ0n) is 12.1. The molecule has 7 nitrogen and oxygen atoms in total. The van der Waals surface area contributed by atoms with Crippen molar-refractivity contribution in [3.8, 4) is 5.75 Å². The molecule has 5 N–H and O–H groups in total. The van der Waals surface area contributed by atoms with Gasteiger partial charge in [-0.05, 0) is 6.07 Å². The molecule has 0 aliphatic carbocycles. The maximum absolute atomic E-state index is 14.6. The maximum atomic E-state index is 14.6. The molecule has 0 radical (unpaired) electrons. The van der Waals surface area contributed by atoms with E-state index >= 15 is 0 Å². The summed E-state index contributed by atoms with van der Waals surface area (Å²) in [5.74, 6) is 4.79. The second-order valence-electron chi connectivity index (χ2n) is 4.92. The van der Waals surface area contributed by atoms with Gasteiger partial charge in [-0.25, -0.2) is 15.8 Å². The number of benzene rings is 1. The third-order valence-corrected chi connectivity index (χ3v) is 3.76. The van der Waals surface area contributed by atoms with Gasteiger partial charge in [-0.2, -0.15) is 0 Å². The second-order valence-corrected chi connectivity index (χ2v) is 5.33. The summed E-state index contributed by atoms with van der Waals surface area (Å²) in [4.78, 5) is 1.93. The molecule has 0 saturated heterocycles. The molecule has 1 aromatic heterocycles. The van der Waals surface area contributed by atoms with Crippen molar-refractivity contribution in [3.05, 3.63) is 46.6 Å². The molecular weight excluding hydrogens is 325 g/mol. The van der Waals surface area contributed by atoms with E-state index < -0.39 is 5.82 Å². The number of anilines is 1. The van der Waals surface area contributed by atoms with E-state index in [4.69, 9.17) is 32.3 Å². The van der Waals surface area contributed by atoms with Crippen LogP contribution in [-0.2, 0) is 6.54 Å². The van der Waals surface area contributed by atoms with Gasteiger partial charge < -0.3 is 19.8 Å². The summed E-state index contributed by atoms with van der Waals surface area (Å²) in [7, 11) is 0. The smallest absolute Gasteiger partial charge is 0.157 e. The Kier molecular flexibility index (Phi) is 4.26. The Labute approximate surface area is 136 Å². The van der Waals surface area contributed by atoms with Crippen LogP contribution >= 0.6 is 11.6 Å². The summed E-state index contributed by atoms with van der Waals surface area (Å²) in [6.07, 6.45) is 3.20. The van der Waals surface area contributed by atoms with Gasteiger partial charge in [-0.15, -0.1) is 5.10 Å². The van der Waals surface area contributed by atoms with E-state index in [2.05, 4.69) is 10.6 Å². The number of fused-ring (bicyclic) bond motifs is 1. The normalized spacial score (nSPS) is 14.4. The van der Waals surface area contributed by atoms with Gasteiger partial charge in [0.25, 0.3) is 0 Å². The molecule has 0 saturated carbocycles. The van der Waals surface area contributed by atoms with Gasteiger partial charge in [-0.3, -0.25) is 0 Å². The number of nitrogens with one attached hydrogen (secondary N) is 1. The number of nitrogens with zero attached hydrogens (tertiary/aromatic N) is 2. The average Bonchev–Trinajstić information content (AvgIpc) is 3.02. The Morgan fingerprint density at radius 1 is 1.52 bits per heavy atom. The number of nitrogens with two attached hydrogens (primary N) is 2. The van der Waals surface area contributed by atoms with E-state index in [0.717, 1.165) is 5.56 Å². The quantitative estimate of drug-likeness (QED) is 0.338. The molecule has 2 aromatic rings. The molecule has 23 heavy (non-hydrogen) atoms. The third kappa shape index (κ3) is 2.90. The molecule has 1 aliphatic rings. The number of hydrogen-bond acceptors (Lipinski definition) is 6. The highest BCUT2D eigenvalue weighted by Crippen LogP contribution is 2.40. The SMILES string of the molecule is NN/N=C(\N)c1c(F)c(Cl)cc2c1N(Cc1ccoc1)CCO2. The Hall–Kier alpha value is -2.45. The van der Waals surface area contributed by atoms with Crippen LogP contribution in [0, 0.1) is 5.82 Å². The van der Waals surface area contributed by atoms with Crippen molar-refractivity contribution in [3.63, 3.8) is 0 Å². The number of ether oxygens (including phenoxy) is 1. The van der Waals surface area contributed by atoms with Crippen LogP contribution in [-0.4, -0.2) is 19.0 Å². The van der Waals surface area contributed by atoms with Crippen molar-refractivity contribution in [2.45, 2.75) is 6.54 Å². The summed E-state index contributed by atoms with van der Waals surface area (Å²) < 4.78 is 25.2. The first-order valence-electron chi connectivity index (χ1n) is 6.81. The Morgan fingerprint density at radius 2 is 2.35 bits per heavy atom. The highest BCUT2D eigenvalue weighted by molar-refractivity contribution is 6.31. The monoisotopic (exact) mass is 339 g/mol. The number of amidine groups is 1. The van der Waals surface area contributed by atoms with Crippen LogP contribution in [0.3, 0.4) is 0 Å². The van der Waals surface area contributed by atoms with Crippen molar-refractivity contribution in [2.24, 2.45) is 16.7 Å². The Morgan fingerprint density at radius 3 is 3.04 bits per heavy atom. The van der Waals surface area contributed by atoms with E-state index in [1.54, 1.807) is 12.5 Å². The lowest BCUT2D eigenvalue weighted by molar-refractivity contribution is 0.306.